The molecule has 5 heteroatoms. The van der Waals surface area contributed by atoms with Crippen molar-refractivity contribution in [2.24, 2.45) is 5.73 Å². The third-order valence-corrected chi connectivity index (χ3v) is 4.92. The molecule has 1 aliphatic carbocycles. The van der Waals surface area contributed by atoms with Crippen LogP contribution < -0.4 is 5.73 Å². The molecule has 3 N–H and O–H groups in total. The molecule has 0 amide bonds. The topological polar surface area (TPSA) is 72.5 Å². The Morgan fingerprint density at radius 1 is 1.43 bits per heavy atom. The molecule has 4 nitrogen and oxygen atoms in total. The molecular formula is C16H24ClNO3. The predicted molar refractivity (Wildman–Crippen MR) is 85.4 cm³/mol. The van der Waals surface area contributed by atoms with Gasteiger partial charge < -0.3 is 15.6 Å². The van der Waals surface area contributed by atoms with Crippen LogP contribution in [0.3, 0.4) is 0 Å². The molecule has 0 aliphatic heterocycles. The third kappa shape index (κ3) is 2.80. The predicted octanol–water partition coefficient (Wildman–Crippen LogP) is 2.76. The van der Waals surface area contributed by atoms with Crippen LogP contribution in [0.1, 0.15) is 48.2 Å². The van der Waals surface area contributed by atoms with Crippen LogP contribution in [0, 0.1) is 0 Å². The van der Waals surface area contributed by atoms with E-state index in [0.29, 0.717) is 5.56 Å². The van der Waals surface area contributed by atoms with Gasteiger partial charge in [0.25, 0.3) is 0 Å². The summed E-state index contributed by atoms with van der Waals surface area (Å²) in [6.45, 7) is 4.22. The van der Waals surface area contributed by atoms with Gasteiger partial charge in [-0.2, -0.15) is 0 Å². The summed E-state index contributed by atoms with van der Waals surface area (Å²) in [5, 5.41) is 9.21. The number of carboxylic acids is 1. The number of ether oxygens (including phenoxy) is 1. The summed E-state index contributed by atoms with van der Waals surface area (Å²) in [5.41, 5.74) is 8.83. The zero-order chi connectivity index (χ0) is 14.9. The average molecular weight is 314 g/mol. The number of carboxylic acid groups (broad SMARTS) is 1. The Bertz CT molecular complexity index is 514. The number of hydrogen-bond donors (Lipinski definition) is 2. The Balaban J connectivity index is 0.00000220. The first-order valence-electron chi connectivity index (χ1n) is 7.15. The van der Waals surface area contributed by atoms with Crippen molar-refractivity contribution in [3.63, 3.8) is 0 Å². The molecule has 0 bridgehead atoms. The minimum absolute atomic E-state index is 0. The summed E-state index contributed by atoms with van der Waals surface area (Å²) in [7, 11) is 1.69. The lowest BCUT2D eigenvalue weighted by atomic mass is 9.62. The van der Waals surface area contributed by atoms with Gasteiger partial charge in [-0.3, -0.25) is 0 Å². The number of benzene rings is 1. The van der Waals surface area contributed by atoms with Gasteiger partial charge in [-0.25, -0.2) is 4.79 Å². The highest BCUT2D eigenvalue weighted by Gasteiger charge is 2.45. The second-order valence-electron chi connectivity index (χ2n) is 5.54. The number of hydrogen-bond acceptors (Lipinski definition) is 3. The molecule has 0 fully saturated rings. The highest BCUT2D eigenvalue weighted by atomic mass is 35.5. The SMILES string of the molecule is CCC1(CC)c2cc(C(=O)O)ccc2C[C@@H](OC)[C@@H]1N.Cl. The zero-order valence-corrected chi connectivity index (χ0v) is 13.6. The zero-order valence-electron chi connectivity index (χ0n) is 12.8. The van der Waals surface area contributed by atoms with Crippen molar-refractivity contribution in [1.82, 2.24) is 0 Å². The van der Waals surface area contributed by atoms with Crippen molar-refractivity contribution >= 4 is 18.4 Å². The van der Waals surface area contributed by atoms with E-state index in [1.54, 1.807) is 19.2 Å². The molecule has 21 heavy (non-hydrogen) atoms. The lowest BCUT2D eigenvalue weighted by Gasteiger charge is -2.46. The van der Waals surface area contributed by atoms with Gasteiger partial charge in [-0.1, -0.05) is 19.9 Å². The van der Waals surface area contributed by atoms with Gasteiger partial charge in [0.05, 0.1) is 11.7 Å². The van der Waals surface area contributed by atoms with E-state index in [2.05, 4.69) is 13.8 Å². The normalized spacial score (nSPS) is 23.0. The Kier molecular flexibility index (Phi) is 5.79. The summed E-state index contributed by atoms with van der Waals surface area (Å²) < 4.78 is 5.56. The van der Waals surface area contributed by atoms with E-state index in [1.165, 1.54) is 0 Å². The Morgan fingerprint density at radius 2 is 2.05 bits per heavy atom. The van der Waals surface area contributed by atoms with Gasteiger partial charge in [0.2, 0.25) is 0 Å². The van der Waals surface area contributed by atoms with Crippen molar-refractivity contribution in [3.8, 4) is 0 Å². The fraction of sp³-hybridized carbons (Fsp3) is 0.562. The van der Waals surface area contributed by atoms with Crippen LogP contribution in [0.2, 0.25) is 0 Å². The van der Waals surface area contributed by atoms with Crippen molar-refractivity contribution in [3.05, 3.63) is 34.9 Å². The molecule has 2 rings (SSSR count). The summed E-state index contributed by atoms with van der Waals surface area (Å²) >= 11 is 0. The molecule has 0 unspecified atom stereocenters. The van der Waals surface area contributed by atoms with Crippen molar-refractivity contribution in [2.75, 3.05) is 7.11 Å². The minimum atomic E-state index is -0.892. The molecule has 1 aromatic carbocycles. The minimum Gasteiger partial charge on any atom is -0.478 e. The third-order valence-electron chi connectivity index (χ3n) is 4.92. The molecule has 0 radical (unpaired) electrons. The Hall–Kier alpha value is -1.10. The molecule has 0 heterocycles. The maximum absolute atomic E-state index is 11.2. The lowest BCUT2D eigenvalue weighted by Crippen LogP contribution is -2.56. The van der Waals surface area contributed by atoms with Crippen LogP contribution in [0.25, 0.3) is 0 Å². The number of aromatic carboxylic acids is 1. The first kappa shape index (κ1) is 18.0. The maximum Gasteiger partial charge on any atom is 0.335 e. The van der Waals surface area contributed by atoms with E-state index in [1.807, 2.05) is 6.07 Å². The fourth-order valence-corrected chi connectivity index (χ4v) is 3.56. The van der Waals surface area contributed by atoms with Crippen molar-refractivity contribution < 1.29 is 14.6 Å². The molecule has 0 saturated carbocycles. The van der Waals surface area contributed by atoms with Crippen LogP contribution in [0.4, 0.5) is 0 Å². The quantitative estimate of drug-likeness (QED) is 0.896. The van der Waals surface area contributed by atoms with Crippen LogP contribution in [0.15, 0.2) is 18.2 Å². The molecular weight excluding hydrogens is 290 g/mol. The second-order valence-corrected chi connectivity index (χ2v) is 5.54. The van der Waals surface area contributed by atoms with Gasteiger partial charge in [0, 0.05) is 25.0 Å². The highest BCUT2D eigenvalue weighted by Crippen LogP contribution is 2.43. The first-order valence-corrected chi connectivity index (χ1v) is 7.15. The summed E-state index contributed by atoms with van der Waals surface area (Å²) in [6, 6.07) is 5.27. The standard InChI is InChI=1S/C16H23NO3.ClH/c1-4-16(5-2)12-8-11(15(18)19)7-6-10(12)9-13(20-3)14(16)17;/h6-8,13-14H,4-5,9,17H2,1-3H3,(H,18,19);1H/t13-,14+;/m1./s1. The molecule has 0 saturated heterocycles. The van der Waals surface area contributed by atoms with Gasteiger partial charge in [-0.05, 0) is 36.1 Å². The second kappa shape index (κ2) is 6.77. The van der Waals surface area contributed by atoms with E-state index >= 15 is 0 Å². The molecule has 1 aromatic rings. The average Bonchev–Trinajstić information content (AvgIpc) is 2.46. The number of nitrogens with two attached hydrogens (primary N) is 1. The maximum atomic E-state index is 11.2. The van der Waals surface area contributed by atoms with Crippen LogP contribution in [-0.2, 0) is 16.6 Å². The van der Waals surface area contributed by atoms with E-state index in [4.69, 9.17) is 10.5 Å². The summed E-state index contributed by atoms with van der Waals surface area (Å²) in [5.74, 6) is -0.892. The fourth-order valence-electron chi connectivity index (χ4n) is 3.56. The number of fused-ring (bicyclic) bond motifs is 1. The monoisotopic (exact) mass is 313 g/mol. The molecule has 0 aromatic heterocycles. The van der Waals surface area contributed by atoms with E-state index in [9.17, 15) is 9.90 Å². The van der Waals surface area contributed by atoms with Crippen LogP contribution in [-0.4, -0.2) is 30.3 Å². The number of methoxy groups -OCH3 is 1. The number of carbonyl (C=O) groups is 1. The molecule has 2 atom stereocenters. The molecule has 1 aliphatic rings. The lowest BCUT2D eigenvalue weighted by molar-refractivity contribution is 0.0400. The van der Waals surface area contributed by atoms with Crippen molar-refractivity contribution in [2.45, 2.75) is 50.7 Å². The Labute approximate surface area is 132 Å². The van der Waals surface area contributed by atoms with E-state index in [0.717, 1.165) is 30.4 Å². The van der Waals surface area contributed by atoms with E-state index < -0.39 is 5.97 Å². The smallest absolute Gasteiger partial charge is 0.335 e. The highest BCUT2D eigenvalue weighted by molar-refractivity contribution is 5.88. The molecule has 0 spiro atoms. The van der Waals surface area contributed by atoms with E-state index in [-0.39, 0.29) is 30.0 Å². The first-order chi connectivity index (χ1) is 9.50. The van der Waals surface area contributed by atoms with Crippen LogP contribution >= 0.6 is 12.4 Å². The molecule has 118 valence electrons. The van der Waals surface area contributed by atoms with Crippen LogP contribution in [0.5, 0.6) is 0 Å². The summed E-state index contributed by atoms with van der Waals surface area (Å²) in [4.78, 5) is 11.2. The van der Waals surface area contributed by atoms with Gasteiger partial charge in [0.15, 0.2) is 0 Å². The van der Waals surface area contributed by atoms with Gasteiger partial charge in [0.1, 0.15) is 0 Å². The Morgan fingerprint density at radius 3 is 2.52 bits per heavy atom. The number of rotatable bonds is 4. The van der Waals surface area contributed by atoms with Gasteiger partial charge in [-0.15, -0.1) is 12.4 Å². The van der Waals surface area contributed by atoms with Gasteiger partial charge >= 0.3 is 5.97 Å². The number of halogens is 1. The van der Waals surface area contributed by atoms with Crippen molar-refractivity contribution in [1.29, 1.82) is 0 Å². The summed E-state index contributed by atoms with van der Waals surface area (Å²) in [6.07, 6.45) is 2.48. The largest absolute Gasteiger partial charge is 0.478 e.